The van der Waals surface area contributed by atoms with E-state index in [1.165, 1.54) is 24.3 Å². The van der Waals surface area contributed by atoms with Crippen LogP contribution in [0.3, 0.4) is 0 Å². The van der Waals surface area contributed by atoms with Crippen molar-refractivity contribution in [1.82, 2.24) is 8.61 Å². The number of nitrogens with zero attached hydrogens (tertiary/aromatic N) is 2. The number of ether oxygens (including phenoxy) is 2. The summed E-state index contributed by atoms with van der Waals surface area (Å²) < 4.78 is 67.0. The summed E-state index contributed by atoms with van der Waals surface area (Å²) in [7, 11) is -7.60. The molecular formula is C60H82N2O10S2. The molecule has 8 atom stereocenters. The fraction of sp³-hybridized carbons (Fsp3) is 0.600. The Kier molecular flexibility index (Phi) is 15.1. The first kappa shape index (κ1) is 56.9. The number of hydrogen-bond acceptors (Lipinski definition) is 10. The molecule has 2 aromatic rings. The number of sulfonamides is 2. The van der Waals surface area contributed by atoms with Gasteiger partial charge in [0.05, 0.1) is 59.1 Å². The Morgan fingerprint density at radius 2 is 0.905 bits per heavy atom. The van der Waals surface area contributed by atoms with Crippen molar-refractivity contribution in [3.05, 3.63) is 121 Å². The van der Waals surface area contributed by atoms with E-state index >= 15 is 0 Å². The summed E-state index contributed by atoms with van der Waals surface area (Å²) in [5, 5.41) is 0. The summed E-state index contributed by atoms with van der Waals surface area (Å²) in [6.07, 6.45) is 15.2. The van der Waals surface area contributed by atoms with Crippen LogP contribution in [0.2, 0.25) is 0 Å². The van der Waals surface area contributed by atoms with Gasteiger partial charge in [0.2, 0.25) is 20.0 Å². The maximum absolute atomic E-state index is 13.8. The van der Waals surface area contributed by atoms with E-state index in [4.69, 9.17) is 9.47 Å². The first-order valence-electron chi connectivity index (χ1n) is 26.5. The van der Waals surface area contributed by atoms with Crippen molar-refractivity contribution in [1.29, 1.82) is 0 Å². The summed E-state index contributed by atoms with van der Waals surface area (Å²) in [5.74, 6) is -1.73. The average molecular weight is 1060 g/mol. The molecule has 2 aromatic carbocycles. The molecule has 4 bridgehead atoms. The molecule has 2 heterocycles. The van der Waals surface area contributed by atoms with Crippen molar-refractivity contribution in [3.8, 4) is 0 Å². The number of carbonyl (C=O) groups excluding carboxylic acids is 4. The molecule has 2 aliphatic heterocycles. The number of rotatable bonds is 18. The quantitative estimate of drug-likeness (QED) is 0.104. The Morgan fingerprint density at radius 3 is 1.20 bits per heavy atom. The summed E-state index contributed by atoms with van der Waals surface area (Å²) in [5.41, 5.74) is -1.66. The Morgan fingerprint density at radius 1 is 0.581 bits per heavy atom. The molecule has 74 heavy (non-hydrogen) atoms. The van der Waals surface area contributed by atoms with Crippen LogP contribution in [-0.4, -0.2) is 86.0 Å². The molecule has 404 valence electrons. The molecule has 14 heteroatoms. The van der Waals surface area contributed by atoms with Gasteiger partial charge in [-0.05, 0) is 133 Å². The van der Waals surface area contributed by atoms with E-state index in [1.807, 2.05) is 24.3 Å². The van der Waals surface area contributed by atoms with E-state index < -0.39 is 54.6 Å². The SMILES string of the molecule is C=CCC(C)(C)[C@@](C)(C=C)CCOC(=O)c1ccccc1C(=O)N1C2CC3CCC2(CS1(=O)=O)C3(C)C.C=CCC(C)(C)[C@](C)(C=C)CCOC(=O)c1ccccc1C(=O)N1C2CC3CCC2(CS1(=O)=O)C3(C)C. The zero-order chi connectivity index (χ0) is 54.9. The third-order valence-corrected chi connectivity index (χ3v) is 24.8. The molecule has 4 aliphatic carbocycles. The average Bonchev–Trinajstić information content (AvgIpc) is 4.03. The van der Waals surface area contributed by atoms with Gasteiger partial charge in [-0.3, -0.25) is 9.59 Å². The minimum absolute atomic E-state index is 0.00680. The molecule has 8 rings (SSSR count). The number of benzene rings is 2. The second kappa shape index (κ2) is 19.6. The molecule has 6 unspecified atom stereocenters. The topological polar surface area (TPSA) is 162 Å². The van der Waals surface area contributed by atoms with E-state index in [1.54, 1.807) is 24.3 Å². The fourth-order valence-corrected chi connectivity index (χ4v) is 19.6. The van der Waals surface area contributed by atoms with Gasteiger partial charge in [-0.15, -0.1) is 26.3 Å². The van der Waals surface area contributed by atoms with Crippen LogP contribution in [0.5, 0.6) is 0 Å². The highest BCUT2D eigenvalue weighted by Crippen LogP contribution is 2.71. The van der Waals surface area contributed by atoms with E-state index in [2.05, 4.69) is 95.6 Å². The minimum Gasteiger partial charge on any atom is -0.462 e. The van der Waals surface area contributed by atoms with Crippen molar-refractivity contribution in [3.63, 3.8) is 0 Å². The number of amides is 2. The highest BCUT2D eigenvalue weighted by Gasteiger charge is 2.73. The molecule has 4 saturated carbocycles. The summed E-state index contributed by atoms with van der Waals surface area (Å²) in [6.45, 7) is 37.3. The highest BCUT2D eigenvalue weighted by atomic mass is 32.2. The van der Waals surface area contributed by atoms with Crippen molar-refractivity contribution >= 4 is 43.8 Å². The Hall–Kier alpha value is -4.82. The standard InChI is InChI=1S/2C30H41NO5S/c2*1-8-15-27(3,4)29(7,9-2)17-18-36-26(33)23-13-11-10-12-22(23)25(32)31-24-19-21-14-16-30(24,28(21,5)6)20-37(31,34)35/h2*8-13,21,24H,1-2,14-20H2,3-7H3/t2*21?,24?,29-,30?/m10/s1. The predicted molar refractivity (Wildman–Crippen MR) is 291 cm³/mol. The third-order valence-electron chi connectivity index (χ3n) is 21.0. The van der Waals surface area contributed by atoms with Gasteiger partial charge in [0, 0.05) is 10.8 Å². The summed E-state index contributed by atoms with van der Waals surface area (Å²) in [6, 6.07) is 12.0. The molecule has 2 spiro atoms. The Bertz CT molecular complexity index is 2660. The van der Waals surface area contributed by atoms with Crippen molar-refractivity contribution in [2.75, 3.05) is 24.7 Å². The van der Waals surface area contributed by atoms with Crippen LogP contribution in [-0.2, 0) is 29.5 Å². The van der Waals surface area contributed by atoms with E-state index in [9.17, 15) is 36.0 Å². The molecule has 6 aliphatic rings. The second-order valence-electron chi connectivity index (χ2n) is 25.3. The highest BCUT2D eigenvalue weighted by molar-refractivity contribution is 7.90. The molecule has 2 saturated heterocycles. The minimum atomic E-state index is -3.80. The van der Waals surface area contributed by atoms with Gasteiger partial charge in [0.1, 0.15) is 0 Å². The van der Waals surface area contributed by atoms with E-state index in [0.29, 0.717) is 37.5 Å². The number of fused-ring (bicyclic) bond motifs is 2. The number of allylic oxidation sites excluding steroid dienone is 4. The lowest BCUT2D eigenvalue weighted by Crippen LogP contribution is -2.44. The summed E-state index contributed by atoms with van der Waals surface area (Å²) in [4.78, 5) is 54.0. The van der Waals surface area contributed by atoms with E-state index in [0.717, 1.165) is 47.1 Å². The van der Waals surface area contributed by atoms with Crippen LogP contribution in [0, 0.1) is 55.2 Å². The number of carbonyl (C=O) groups is 4. The van der Waals surface area contributed by atoms with Gasteiger partial charge >= 0.3 is 11.9 Å². The first-order chi connectivity index (χ1) is 34.3. The maximum Gasteiger partial charge on any atom is 0.338 e. The largest absolute Gasteiger partial charge is 0.462 e. The second-order valence-corrected chi connectivity index (χ2v) is 29.0. The fourth-order valence-electron chi connectivity index (χ4n) is 14.5. The lowest BCUT2D eigenvalue weighted by Gasteiger charge is -2.42. The van der Waals surface area contributed by atoms with Gasteiger partial charge in [-0.1, -0.05) is 118 Å². The smallest absolute Gasteiger partial charge is 0.338 e. The predicted octanol–water partition coefficient (Wildman–Crippen LogP) is 12.0. The van der Waals surface area contributed by atoms with E-state index in [-0.39, 0.29) is 91.5 Å². The van der Waals surface area contributed by atoms with Gasteiger partial charge in [0.15, 0.2) is 0 Å². The molecule has 0 N–H and O–H groups in total. The van der Waals surface area contributed by atoms with Gasteiger partial charge < -0.3 is 9.47 Å². The molecule has 6 fully saturated rings. The molecule has 2 amide bonds. The zero-order valence-electron chi connectivity index (χ0n) is 45.8. The monoisotopic (exact) mass is 1050 g/mol. The Labute approximate surface area is 442 Å². The van der Waals surface area contributed by atoms with Crippen LogP contribution in [0.15, 0.2) is 99.2 Å². The third kappa shape index (κ3) is 8.96. The lowest BCUT2D eigenvalue weighted by molar-refractivity contribution is 0.0371. The molecular weight excluding hydrogens is 973 g/mol. The van der Waals surface area contributed by atoms with Gasteiger partial charge in [-0.2, -0.15) is 0 Å². The maximum atomic E-state index is 13.8. The van der Waals surface area contributed by atoms with Crippen molar-refractivity contribution < 1.29 is 45.5 Å². The normalized spacial score (nSPS) is 28.8. The summed E-state index contributed by atoms with van der Waals surface area (Å²) >= 11 is 0. The number of esters is 2. The van der Waals surface area contributed by atoms with Crippen LogP contribution in [0.25, 0.3) is 0 Å². The van der Waals surface area contributed by atoms with Crippen molar-refractivity contribution in [2.45, 2.75) is 146 Å². The van der Waals surface area contributed by atoms with Crippen molar-refractivity contribution in [2.24, 2.45) is 55.2 Å². The Balaban J connectivity index is 0.000000216. The number of hydrogen-bond donors (Lipinski definition) is 0. The molecule has 0 radical (unpaired) electrons. The zero-order valence-corrected chi connectivity index (χ0v) is 47.4. The first-order valence-corrected chi connectivity index (χ1v) is 29.7. The van der Waals surface area contributed by atoms with Crippen LogP contribution in [0.1, 0.15) is 175 Å². The molecule has 12 nitrogen and oxygen atoms in total. The lowest BCUT2D eigenvalue weighted by atomic mass is 9.63. The molecule has 0 aromatic heterocycles. The van der Waals surface area contributed by atoms with Gasteiger partial charge in [-0.25, -0.2) is 35.0 Å². The van der Waals surface area contributed by atoms with Crippen LogP contribution >= 0.6 is 0 Å². The van der Waals surface area contributed by atoms with Crippen LogP contribution in [0.4, 0.5) is 0 Å². The van der Waals surface area contributed by atoms with Crippen LogP contribution < -0.4 is 0 Å². The van der Waals surface area contributed by atoms with Gasteiger partial charge in [0.25, 0.3) is 11.8 Å².